The van der Waals surface area contributed by atoms with Gasteiger partial charge >= 0.3 is 5.97 Å². The van der Waals surface area contributed by atoms with E-state index >= 15 is 0 Å². The first kappa shape index (κ1) is 20.2. The van der Waals surface area contributed by atoms with Crippen LogP contribution in [-0.2, 0) is 9.53 Å². The molecule has 1 aliphatic rings. The number of benzene rings is 1. The van der Waals surface area contributed by atoms with E-state index in [1.165, 1.54) is 20.5 Å². The molecule has 3 rings (SSSR count). The number of carbonyl (C=O) groups excluding carboxylic acids is 3. The number of rotatable bonds is 6. The van der Waals surface area contributed by atoms with Gasteiger partial charge in [-0.1, -0.05) is 6.07 Å². The normalized spacial score (nSPS) is 13.7. The molecule has 0 spiro atoms. The van der Waals surface area contributed by atoms with Gasteiger partial charge in [0.25, 0.3) is 11.8 Å². The molecule has 1 saturated heterocycles. The fourth-order valence-corrected chi connectivity index (χ4v) is 3.06. The third kappa shape index (κ3) is 4.50. The fraction of sp³-hybridized carbons (Fsp3) is 0.350. The van der Waals surface area contributed by atoms with Gasteiger partial charge in [0.2, 0.25) is 0 Å². The maximum absolute atomic E-state index is 12.4. The maximum atomic E-state index is 12.4. The molecule has 2 heterocycles. The summed E-state index contributed by atoms with van der Waals surface area (Å²) in [6, 6.07) is 8.15. The second kappa shape index (κ2) is 9.13. The standard InChI is InChI=1S/C20H22N2O7/c1-26-14-5-3-6-15(27-2)18(14)20(25)29-13-17(23)21-8-10-22(11-9-21)19(24)16-7-4-12-28-16/h3-7,12H,8-11,13H2,1-2H3. The van der Waals surface area contributed by atoms with E-state index in [-0.39, 0.29) is 23.1 Å². The quantitative estimate of drug-likeness (QED) is 0.674. The van der Waals surface area contributed by atoms with Crippen LogP contribution in [0.5, 0.6) is 11.5 Å². The van der Waals surface area contributed by atoms with Crippen molar-refractivity contribution in [3.8, 4) is 11.5 Å². The molecule has 29 heavy (non-hydrogen) atoms. The van der Waals surface area contributed by atoms with Crippen LogP contribution in [0.1, 0.15) is 20.9 Å². The minimum absolute atomic E-state index is 0.124. The minimum atomic E-state index is -0.709. The van der Waals surface area contributed by atoms with E-state index in [1.54, 1.807) is 40.1 Å². The van der Waals surface area contributed by atoms with Crippen molar-refractivity contribution in [2.45, 2.75) is 0 Å². The Hall–Kier alpha value is -3.49. The smallest absolute Gasteiger partial charge is 0.346 e. The third-order valence-corrected chi connectivity index (χ3v) is 4.61. The summed E-state index contributed by atoms with van der Waals surface area (Å²) in [5, 5.41) is 0. The van der Waals surface area contributed by atoms with Gasteiger partial charge in [-0.3, -0.25) is 9.59 Å². The third-order valence-electron chi connectivity index (χ3n) is 4.61. The van der Waals surface area contributed by atoms with Crippen LogP contribution in [0.2, 0.25) is 0 Å². The summed E-state index contributed by atoms with van der Waals surface area (Å²) in [5.74, 6) is -0.392. The Morgan fingerprint density at radius 3 is 2.10 bits per heavy atom. The van der Waals surface area contributed by atoms with Gasteiger partial charge in [0, 0.05) is 26.2 Å². The zero-order chi connectivity index (χ0) is 20.8. The Labute approximate surface area is 167 Å². The van der Waals surface area contributed by atoms with Crippen molar-refractivity contribution in [2.75, 3.05) is 47.0 Å². The molecule has 0 saturated carbocycles. The van der Waals surface area contributed by atoms with E-state index < -0.39 is 12.6 Å². The van der Waals surface area contributed by atoms with Gasteiger partial charge in [-0.05, 0) is 24.3 Å². The second-order valence-electron chi connectivity index (χ2n) is 6.26. The number of ether oxygens (including phenoxy) is 3. The molecule has 2 aromatic rings. The molecule has 0 atom stereocenters. The SMILES string of the molecule is COc1cccc(OC)c1C(=O)OCC(=O)N1CCN(C(=O)c2ccco2)CC1. The lowest BCUT2D eigenvalue weighted by atomic mass is 10.2. The Balaban J connectivity index is 1.53. The van der Waals surface area contributed by atoms with Gasteiger partial charge in [0.05, 0.1) is 20.5 Å². The number of nitrogens with zero attached hydrogens (tertiary/aromatic N) is 2. The highest BCUT2D eigenvalue weighted by atomic mass is 16.5. The number of piperazine rings is 1. The summed E-state index contributed by atoms with van der Waals surface area (Å²) >= 11 is 0. The van der Waals surface area contributed by atoms with E-state index in [2.05, 4.69) is 0 Å². The molecule has 1 aromatic carbocycles. The Morgan fingerprint density at radius 1 is 0.931 bits per heavy atom. The molecule has 2 amide bonds. The first-order chi connectivity index (χ1) is 14.0. The number of hydrogen-bond donors (Lipinski definition) is 0. The number of carbonyl (C=O) groups is 3. The van der Waals surface area contributed by atoms with E-state index in [1.807, 2.05) is 0 Å². The predicted molar refractivity (Wildman–Crippen MR) is 101 cm³/mol. The molecule has 0 unspecified atom stereocenters. The van der Waals surface area contributed by atoms with Crippen LogP contribution in [-0.4, -0.2) is 74.6 Å². The number of methoxy groups -OCH3 is 2. The van der Waals surface area contributed by atoms with Crippen LogP contribution in [0.25, 0.3) is 0 Å². The lowest BCUT2D eigenvalue weighted by molar-refractivity contribution is -0.136. The number of hydrogen-bond acceptors (Lipinski definition) is 7. The maximum Gasteiger partial charge on any atom is 0.346 e. The molecule has 0 N–H and O–H groups in total. The number of furan rings is 1. The zero-order valence-electron chi connectivity index (χ0n) is 16.3. The lowest BCUT2D eigenvalue weighted by Crippen LogP contribution is -2.51. The van der Waals surface area contributed by atoms with Crippen molar-refractivity contribution in [1.82, 2.24) is 9.80 Å². The van der Waals surface area contributed by atoms with Crippen LogP contribution in [0.3, 0.4) is 0 Å². The van der Waals surface area contributed by atoms with E-state index in [9.17, 15) is 14.4 Å². The lowest BCUT2D eigenvalue weighted by Gasteiger charge is -2.34. The average Bonchev–Trinajstić information content (AvgIpc) is 3.31. The van der Waals surface area contributed by atoms with Gasteiger partial charge in [-0.2, -0.15) is 0 Å². The fourth-order valence-electron chi connectivity index (χ4n) is 3.06. The highest BCUT2D eigenvalue weighted by Crippen LogP contribution is 2.28. The Bertz CT molecular complexity index is 849. The van der Waals surface area contributed by atoms with Crippen molar-refractivity contribution in [2.24, 2.45) is 0 Å². The van der Waals surface area contributed by atoms with Crippen LogP contribution in [0.15, 0.2) is 41.0 Å². The molecule has 1 aliphatic heterocycles. The van der Waals surface area contributed by atoms with Crippen LogP contribution in [0.4, 0.5) is 0 Å². The second-order valence-corrected chi connectivity index (χ2v) is 6.26. The first-order valence-electron chi connectivity index (χ1n) is 9.03. The largest absolute Gasteiger partial charge is 0.496 e. The van der Waals surface area contributed by atoms with Crippen LogP contribution >= 0.6 is 0 Å². The van der Waals surface area contributed by atoms with E-state index in [0.717, 1.165) is 0 Å². The van der Waals surface area contributed by atoms with Crippen molar-refractivity contribution >= 4 is 17.8 Å². The predicted octanol–water partition coefficient (Wildman–Crippen LogP) is 1.44. The highest BCUT2D eigenvalue weighted by Gasteiger charge is 2.27. The zero-order valence-corrected chi connectivity index (χ0v) is 16.3. The summed E-state index contributed by atoms with van der Waals surface area (Å²) < 4.78 is 20.6. The monoisotopic (exact) mass is 402 g/mol. The summed E-state index contributed by atoms with van der Waals surface area (Å²) in [5.41, 5.74) is 0.124. The summed E-state index contributed by atoms with van der Waals surface area (Å²) in [7, 11) is 2.86. The highest BCUT2D eigenvalue weighted by molar-refractivity contribution is 5.97. The summed E-state index contributed by atoms with van der Waals surface area (Å²) in [4.78, 5) is 40.3. The topological polar surface area (TPSA) is 98.5 Å². The molecule has 9 heteroatoms. The Morgan fingerprint density at radius 2 is 1.55 bits per heavy atom. The van der Waals surface area contributed by atoms with E-state index in [0.29, 0.717) is 37.7 Å². The van der Waals surface area contributed by atoms with Gasteiger partial charge in [-0.25, -0.2) is 4.79 Å². The molecule has 0 bridgehead atoms. The Kier molecular flexibility index (Phi) is 6.38. The van der Waals surface area contributed by atoms with Crippen molar-refractivity contribution in [3.63, 3.8) is 0 Å². The molecule has 9 nitrogen and oxygen atoms in total. The van der Waals surface area contributed by atoms with Crippen molar-refractivity contribution < 1.29 is 33.0 Å². The number of esters is 1. The van der Waals surface area contributed by atoms with Crippen molar-refractivity contribution in [1.29, 1.82) is 0 Å². The molecule has 154 valence electrons. The van der Waals surface area contributed by atoms with Crippen molar-refractivity contribution in [3.05, 3.63) is 47.9 Å². The van der Waals surface area contributed by atoms with Gasteiger partial charge in [-0.15, -0.1) is 0 Å². The minimum Gasteiger partial charge on any atom is -0.496 e. The summed E-state index contributed by atoms with van der Waals surface area (Å²) in [6.45, 7) is 1.03. The van der Waals surface area contributed by atoms with Gasteiger partial charge < -0.3 is 28.4 Å². The molecule has 1 aromatic heterocycles. The van der Waals surface area contributed by atoms with Gasteiger partial charge in [0.15, 0.2) is 12.4 Å². The molecular weight excluding hydrogens is 380 g/mol. The number of amides is 2. The molecular formula is C20H22N2O7. The summed E-state index contributed by atoms with van der Waals surface area (Å²) in [6.07, 6.45) is 1.44. The average molecular weight is 402 g/mol. The molecule has 0 radical (unpaired) electrons. The van der Waals surface area contributed by atoms with E-state index in [4.69, 9.17) is 18.6 Å². The molecule has 0 aliphatic carbocycles. The van der Waals surface area contributed by atoms with Gasteiger partial charge in [0.1, 0.15) is 17.1 Å². The van der Waals surface area contributed by atoms with Crippen LogP contribution in [0, 0.1) is 0 Å². The van der Waals surface area contributed by atoms with Crippen LogP contribution < -0.4 is 9.47 Å². The first-order valence-corrected chi connectivity index (χ1v) is 9.03. The molecule has 1 fully saturated rings.